The highest BCUT2D eigenvalue weighted by Gasteiger charge is 2.16. The van der Waals surface area contributed by atoms with Crippen molar-refractivity contribution < 1.29 is 0 Å². The lowest BCUT2D eigenvalue weighted by Crippen LogP contribution is -2.23. The second-order valence-corrected chi connectivity index (χ2v) is 4.26. The summed E-state index contributed by atoms with van der Waals surface area (Å²) >= 11 is 0. The minimum Gasteiger partial charge on any atom is -0.302 e. The fraction of sp³-hybridized carbons (Fsp3) is 0.133. The van der Waals surface area contributed by atoms with E-state index in [4.69, 9.17) is 0 Å². The Balaban J connectivity index is 1.88. The zero-order chi connectivity index (χ0) is 11.5. The second-order valence-electron chi connectivity index (χ2n) is 4.26. The first-order valence-corrected chi connectivity index (χ1v) is 5.85. The molecule has 1 aliphatic rings. The number of hydrazone groups is 1. The summed E-state index contributed by atoms with van der Waals surface area (Å²) in [7, 11) is 0. The standard InChI is InChI=1S/C15H14N2/c1-2-6-12(7-3-1)10-15-14-9-5-4-8-13(14)11-16-17-15/h1-9,11,15,17H,10H2. The number of rotatable bonds is 2. The molecule has 84 valence electrons. The highest BCUT2D eigenvalue weighted by molar-refractivity contribution is 5.82. The van der Waals surface area contributed by atoms with E-state index in [0.29, 0.717) is 0 Å². The van der Waals surface area contributed by atoms with Gasteiger partial charge < -0.3 is 5.43 Å². The van der Waals surface area contributed by atoms with Crippen LogP contribution in [0, 0.1) is 0 Å². The first kappa shape index (κ1) is 10.1. The Morgan fingerprint density at radius 3 is 2.59 bits per heavy atom. The van der Waals surface area contributed by atoms with Crippen LogP contribution < -0.4 is 5.43 Å². The van der Waals surface area contributed by atoms with E-state index in [0.717, 1.165) is 6.42 Å². The molecule has 1 atom stereocenters. The van der Waals surface area contributed by atoms with E-state index in [1.54, 1.807) is 0 Å². The largest absolute Gasteiger partial charge is 0.302 e. The highest BCUT2D eigenvalue weighted by atomic mass is 15.3. The van der Waals surface area contributed by atoms with Crippen molar-refractivity contribution in [2.24, 2.45) is 5.10 Å². The van der Waals surface area contributed by atoms with Crippen molar-refractivity contribution in [1.82, 2.24) is 5.43 Å². The molecule has 0 saturated carbocycles. The maximum atomic E-state index is 4.22. The molecule has 0 spiro atoms. The van der Waals surface area contributed by atoms with E-state index >= 15 is 0 Å². The Labute approximate surface area is 101 Å². The molecule has 3 rings (SSSR count). The fourth-order valence-corrected chi connectivity index (χ4v) is 2.22. The average Bonchev–Trinajstić information content (AvgIpc) is 2.40. The Kier molecular flexibility index (Phi) is 2.62. The zero-order valence-electron chi connectivity index (χ0n) is 9.51. The van der Waals surface area contributed by atoms with Crippen molar-refractivity contribution in [2.75, 3.05) is 0 Å². The molecule has 2 heteroatoms. The zero-order valence-corrected chi connectivity index (χ0v) is 9.51. The van der Waals surface area contributed by atoms with E-state index in [1.807, 2.05) is 12.3 Å². The number of hydrogen-bond donors (Lipinski definition) is 1. The SMILES string of the molecule is C1=NNC(Cc2ccccc2)c2ccccc21. The van der Waals surface area contributed by atoms with Gasteiger partial charge in [0.2, 0.25) is 0 Å². The van der Waals surface area contributed by atoms with Crippen LogP contribution in [0.15, 0.2) is 59.7 Å². The molecule has 0 fully saturated rings. The fourth-order valence-electron chi connectivity index (χ4n) is 2.22. The molecule has 0 amide bonds. The Morgan fingerprint density at radius 2 is 1.71 bits per heavy atom. The molecule has 1 unspecified atom stereocenters. The third-order valence-electron chi connectivity index (χ3n) is 3.09. The van der Waals surface area contributed by atoms with Gasteiger partial charge in [0.15, 0.2) is 0 Å². The van der Waals surface area contributed by atoms with Crippen LogP contribution in [0.2, 0.25) is 0 Å². The van der Waals surface area contributed by atoms with Gasteiger partial charge >= 0.3 is 0 Å². The predicted molar refractivity (Wildman–Crippen MR) is 70.1 cm³/mol. The van der Waals surface area contributed by atoms with Crippen molar-refractivity contribution in [1.29, 1.82) is 0 Å². The molecule has 0 radical (unpaired) electrons. The minimum atomic E-state index is 0.276. The van der Waals surface area contributed by atoms with E-state index in [9.17, 15) is 0 Å². The van der Waals surface area contributed by atoms with Crippen LogP contribution in [0.5, 0.6) is 0 Å². The van der Waals surface area contributed by atoms with Crippen LogP contribution in [0.25, 0.3) is 0 Å². The predicted octanol–water partition coefficient (Wildman–Crippen LogP) is 2.91. The van der Waals surface area contributed by atoms with Gasteiger partial charge in [-0.25, -0.2) is 0 Å². The Hall–Kier alpha value is -2.09. The highest BCUT2D eigenvalue weighted by Crippen LogP contribution is 2.23. The van der Waals surface area contributed by atoms with Crippen LogP contribution >= 0.6 is 0 Å². The molecule has 0 bridgehead atoms. The summed E-state index contributed by atoms with van der Waals surface area (Å²) in [4.78, 5) is 0. The summed E-state index contributed by atoms with van der Waals surface area (Å²) in [5, 5.41) is 4.22. The van der Waals surface area contributed by atoms with Gasteiger partial charge in [-0.1, -0.05) is 54.6 Å². The molecular formula is C15H14N2. The normalized spacial score (nSPS) is 17.3. The third kappa shape index (κ3) is 2.07. The van der Waals surface area contributed by atoms with Gasteiger partial charge in [0, 0.05) is 0 Å². The lowest BCUT2D eigenvalue weighted by molar-refractivity contribution is 0.548. The number of nitrogens with zero attached hydrogens (tertiary/aromatic N) is 1. The van der Waals surface area contributed by atoms with Crippen molar-refractivity contribution in [3.05, 3.63) is 71.3 Å². The maximum absolute atomic E-state index is 4.22. The van der Waals surface area contributed by atoms with Crippen LogP contribution in [-0.4, -0.2) is 6.21 Å². The van der Waals surface area contributed by atoms with E-state index in [2.05, 4.69) is 59.1 Å². The second kappa shape index (κ2) is 4.42. The third-order valence-corrected chi connectivity index (χ3v) is 3.09. The van der Waals surface area contributed by atoms with Crippen LogP contribution in [-0.2, 0) is 6.42 Å². The molecule has 2 nitrogen and oxygen atoms in total. The number of benzene rings is 2. The molecule has 17 heavy (non-hydrogen) atoms. The molecule has 0 aromatic heterocycles. The first-order valence-electron chi connectivity index (χ1n) is 5.85. The Bertz CT molecular complexity index is 532. The maximum Gasteiger partial charge on any atom is 0.0736 e. The number of fused-ring (bicyclic) bond motifs is 1. The molecule has 1 N–H and O–H groups in total. The molecule has 2 aromatic rings. The van der Waals surface area contributed by atoms with Crippen LogP contribution in [0.1, 0.15) is 22.7 Å². The molecule has 0 saturated heterocycles. The van der Waals surface area contributed by atoms with Crippen molar-refractivity contribution in [3.8, 4) is 0 Å². The summed E-state index contributed by atoms with van der Waals surface area (Å²) in [6.45, 7) is 0. The first-order chi connectivity index (χ1) is 8.43. The van der Waals surface area contributed by atoms with E-state index in [1.165, 1.54) is 16.7 Å². The van der Waals surface area contributed by atoms with Gasteiger partial charge in [-0.3, -0.25) is 0 Å². The number of nitrogens with one attached hydrogen (secondary N) is 1. The van der Waals surface area contributed by atoms with Gasteiger partial charge in [-0.15, -0.1) is 0 Å². The van der Waals surface area contributed by atoms with Gasteiger partial charge in [0.25, 0.3) is 0 Å². The Morgan fingerprint density at radius 1 is 0.941 bits per heavy atom. The van der Waals surface area contributed by atoms with Crippen molar-refractivity contribution >= 4 is 6.21 Å². The topological polar surface area (TPSA) is 24.4 Å². The van der Waals surface area contributed by atoms with Crippen LogP contribution in [0.4, 0.5) is 0 Å². The van der Waals surface area contributed by atoms with Crippen molar-refractivity contribution in [2.45, 2.75) is 12.5 Å². The average molecular weight is 222 g/mol. The molecule has 0 aliphatic carbocycles. The van der Waals surface area contributed by atoms with E-state index < -0.39 is 0 Å². The summed E-state index contributed by atoms with van der Waals surface area (Å²) in [5.74, 6) is 0. The van der Waals surface area contributed by atoms with Gasteiger partial charge in [0.1, 0.15) is 0 Å². The summed E-state index contributed by atoms with van der Waals surface area (Å²) in [6.07, 6.45) is 2.85. The summed E-state index contributed by atoms with van der Waals surface area (Å²) in [5.41, 5.74) is 7.06. The van der Waals surface area contributed by atoms with E-state index in [-0.39, 0.29) is 6.04 Å². The quantitative estimate of drug-likeness (QED) is 0.830. The van der Waals surface area contributed by atoms with Gasteiger partial charge in [0.05, 0.1) is 12.3 Å². The molecule has 2 aromatic carbocycles. The van der Waals surface area contributed by atoms with Gasteiger partial charge in [-0.05, 0) is 23.1 Å². The molecule has 1 aliphatic heterocycles. The smallest absolute Gasteiger partial charge is 0.0736 e. The van der Waals surface area contributed by atoms with Gasteiger partial charge in [-0.2, -0.15) is 5.10 Å². The summed E-state index contributed by atoms with van der Waals surface area (Å²) < 4.78 is 0. The van der Waals surface area contributed by atoms with Crippen molar-refractivity contribution in [3.63, 3.8) is 0 Å². The number of hydrogen-bond acceptors (Lipinski definition) is 2. The lowest BCUT2D eigenvalue weighted by Gasteiger charge is -2.22. The minimum absolute atomic E-state index is 0.276. The molecular weight excluding hydrogens is 208 g/mol. The summed E-state index contributed by atoms with van der Waals surface area (Å²) in [6, 6.07) is 19.2. The molecule has 1 heterocycles. The monoisotopic (exact) mass is 222 g/mol. The van der Waals surface area contributed by atoms with Crippen LogP contribution in [0.3, 0.4) is 0 Å². The lowest BCUT2D eigenvalue weighted by atomic mass is 9.95.